The molecular weight excluding hydrogens is 450 g/mol. The molecule has 11 nitrogen and oxygen atoms in total. The van der Waals surface area contributed by atoms with Gasteiger partial charge in [-0.05, 0) is 20.8 Å². The molecule has 2 aromatic heterocycles. The Labute approximate surface area is 206 Å². The van der Waals surface area contributed by atoms with Crippen molar-refractivity contribution in [2.24, 2.45) is 0 Å². The molecule has 2 heterocycles. The second kappa shape index (κ2) is 8.91. The van der Waals surface area contributed by atoms with Gasteiger partial charge in [-0.15, -0.1) is 10.2 Å². The van der Waals surface area contributed by atoms with Crippen LogP contribution in [0.5, 0.6) is 0 Å². The molecule has 0 unspecified atom stereocenters. The number of alkyl carbamates (subject to hydrolysis) is 1. The van der Waals surface area contributed by atoms with Crippen molar-refractivity contribution in [3.8, 4) is 0 Å². The van der Waals surface area contributed by atoms with Gasteiger partial charge in [-0.3, -0.25) is 0 Å². The first-order valence-corrected chi connectivity index (χ1v) is 11.9. The monoisotopic (exact) mass is 489 g/mol. The number of nitrogens with one attached hydrogen (secondary N) is 1. The van der Waals surface area contributed by atoms with Gasteiger partial charge in [-0.25, -0.2) is 19.0 Å². The van der Waals surface area contributed by atoms with E-state index >= 15 is 0 Å². The molecule has 2 aromatic rings. The van der Waals surface area contributed by atoms with Crippen molar-refractivity contribution in [3.05, 3.63) is 23.8 Å². The van der Waals surface area contributed by atoms with E-state index in [2.05, 4.69) is 67.5 Å². The van der Waals surface area contributed by atoms with Crippen LogP contribution >= 0.6 is 0 Å². The Morgan fingerprint density at radius 1 is 0.886 bits per heavy atom. The lowest BCUT2D eigenvalue weighted by atomic mass is 9.93. The number of carbonyl (C=O) groups excluding carboxylic acids is 2. The standard InChI is InChI=1S/C24H39N7O4/c1-21(2,3)17-13-30(28-26-17)15-11-24(19(32)34-10,25-20(33)35-23(7,8)9)12-16(15)31-14-18(27-29-31)22(4,5)6/h13-16H,11-12H2,1-10H3,(H,25,33)/t15-,16-/m1/s1. The molecular formula is C24H39N7O4. The van der Waals surface area contributed by atoms with E-state index in [-0.39, 0.29) is 35.8 Å². The molecule has 1 amide bonds. The molecule has 0 spiro atoms. The van der Waals surface area contributed by atoms with Gasteiger partial charge in [0.05, 0.1) is 30.6 Å². The number of hydrogen-bond donors (Lipinski definition) is 1. The first kappa shape index (κ1) is 26.6. The maximum atomic E-state index is 13.1. The lowest BCUT2D eigenvalue weighted by molar-refractivity contribution is -0.148. The fourth-order valence-corrected chi connectivity index (χ4v) is 4.19. The maximum absolute atomic E-state index is 13.1. The molecule has 0 bridgehead atoms. The van der Waals surface area contributed by atoms with Gasteiger partial charge in [0, 0.05) is 36.1 Å². The zero-order valence-electron chi connectivity index (χ0n) is 22.5. The Morgan fingerprint density at radius 2 is 1.31 bits per heavy atom. The van der Waals surface area contributed by atoms with E-state index in [1.54, 1.807) is 30.1 Å². The summed E-state index contributed by atoms with van der Waals surface area (Å²) in [7, 11) is 1.31. The number of esters is 1. The minimum absolute atomic E-state index is 0.201. The Bertz CT molecular complexity index is 1010. The van der Waals surface area contributed by atoms with E-state index < -0.39 is 23.2 Å². The number of nitrogens with zero attached hydrogens (tertiary/aromatic N) is 6. The van der Waals surface area contributed by atoms with Crippen molar-refractivity contribution in [2.75, 3.05) is 7.11 Å². The van der Waals surface area contributed by atoms with Crippen LogP contribution in [0.4, 0.5) is 4.79 Å². The fourth-order valence-electron chi connectivity index (χ4n) is 4.19. The minimum Gasteiger partial charge on any atom is -0.467 e. The number of ether oxygens (including phenoxy) is 2. The normalized spacial score (nSPS) is 20.5. The Morgan fingerprint density at radius 3 is 1.63 bits per heavy atom. The van der Waals surface area contributed by atoms with Crippen LogP contribution in [0.3, 0.4) is 0 Å². The summed E-state index contributed by atoms with van der Waals surface area (Å²) in [6, 6.07) is -0.690. The molecule has 1 saturated carbocycles. The lowest BCUT2D eigenvalue weighted by Gasteiger charge is -2.29. The number of methoxy groups -OCH3 is 1. The van der Waals surface area contributed by atoms with Crippen molar-refractivity contribution >= 4 is 12.1 Å². The van der Waals surface area contributed by atoms with Gasteiger partial charge in [-0.2, -0.15) is 0 Å². The van der Waals surface area contributed by atoms with Crippen LogP contribution in [0.25, 0.3) is 0 Å². The second-order valence-electron chi connectivity index (χ2n) is 12.4. The number of hydrogen-bond acceptors (Lipinski definition) is 8. The molecule has 0 aromatic carbocycles. The van der Waals surface area contributed by atoms with E-state index in [4.69, 9.17) is 9.47 Å². The molecule has 194 valence electrons. The topological polar surface area (TPSA) is 126 Å². The van der Waals surface area contributed by atoms with Crippen molar-refractivity contribution in [1.82, 2.24) is 35.3 Å². The van der Waals surface area contributed by atoms with Crippen LogP contribution in [-0.4, -0.2) is 60.3 Å². The second-order valence-corrected chi connectivity index (χ2v) is 12.4. The molecule has 0 aliphatic heterocycles. The summed E-state index contributed by atoms with van der Waals surface area (Å²) in [5.41, 5.74) is -0.823. The van der Waals surface area contributed by atoms with E-state index in [9.17, 15) is 9.59 Å². The van der Waals surface area contributed by atoms with Gasteiger partial charge < -0.3 is 14.8 Å². The SMILES string of the molecule is COC(=O)C1(NC(=O)OC(C)(C)C)C[C@@H](n2cc(C(C)(C)C)nn2)[C@H](n2cc(C(C)(C)C)nn2)C1. The largest absolute Gasteiger partial charge is 0.467 e. The van der Waals surface area contributed by atoms with Crippen molar-refractivity contribution in [1.29, 1.82) is 0 Å². The van der Waals surface area contributed by atoms with E-state index in [1.807, 2.05) is 12.4 Å². The van der Waals surface area contributed by atoms with Crippen molar-refractivity contribution in [3.63, 3.8) is 0 Å². The average molecular weight is 490 g/mol. The van der Waals surface area contributed by atoms with Crippen LogP contribution in [0, 0.1) is 0 Å². The molecule has 1 fully saturated rings. The molecule has 1 N–H and O–H groups in total. The summed E-state index contributed by atoms with van der Waals surface area (Å²) in [5.74, 6) is -0.553. The van der Waals surface area contributed by atoms with Gasteiger partial charge in [0.15, 0.2) is 0 Å². The summed E-state index contributed by atoms with van der Waals surface area (Å²) >= 11 is 0. The molecule has 3 rings (SSSR count). The predicted molar refractivity (Wildman–Crippen MR) is 129 cm³/mol. The fraction of sp³-hybridized carbons (Fsp3) is 0.750. The number of amides is 1. The molecule has 2 atom stereocenters. The van der Waals surface area contributed by atoms with Crippen LogP contribution in [-0.2, 0) is 25.1 Å². The quantitative estimate of drug-likeness (QED) is 0.647. The third kappa shape index (κ3) is 5.82. The first-order chi connectivity index (χ1) is 15.9. The molecule has 1 aliphatic carbocycles. The third-order valence-electron chi connectivity index (χ3n) is 6.11. The summed E-state index contributed by atoms with van der Waals surface area (Å²) in [6.45, 7) is 17.7. The highest BCUT2D eigenvalue weighted by Crippen LogP contribution is 2.46. The first-order valence-electron chi connectivity index (χ1n) is 11.9. The van der Waals surface area contributed by atoms with Crippen LogP contribution < -0.4 is 5.32 Å². The molecule has 11 heteroatoms. The Hall–Kier alpha value is -2.98. The highest BCUT2D eigenvalue weighted by molar-refractivity contribution is 5.86. The van der Waals surface area contributed by atoms with Crippen LogP contribution in [0.2, 0.25) is 0 Å². The summed E-state index contributed by atoms with van der Waals surface area (Å²) in [4.78, 5) is 25.9. The minimum atomic E-state index is -1.34. The molecule has 0 saturated heterocycles. The zero-order chi connectivity index (χ0) is 26.4. The average Bonchev–Trinajstić information content (AvgIpc) is 3.42. The van der Waals surface area contributed by atoms with E-state index in [1.165, 1.54) is 7.11 Å². The van der Waals surface area contributed by atoms with Gasteiger partial charge in [0.25, 0.3) is 0 Å². The number of rotatable bonds is 4. The third-order valence-corrected chi connectivity index (χ3v) is 6.11. The maximum Gasteiger partial charge on any atom is 0.408 e. The van der Waals surface area contributed by atoms with Gasteiger partial charge in [0.1, 0.15) is 11.1 Å². The van der Waals surface area contributed by atoms with Crippen LogP contribution in [0.15, 0.2) is 12.4 Å². The van der Waals surface area contributed by atoms with Gasteiger partial charge >= 0.3 is 12.1 Å². The highest BCUT2D eigenvalue weighted by Gasteiger charge is 2.55. The van der Waals surface area contributed by atoms with Gasteiger partial charge in [-0.1, -0.05) is 52.0 Å². The highest BCUT2D eigenvalue weighted by atomic mass is 16.6. The molecule has 1 aliphatic rings. The van der Waals surface area contributed by atoms with Crippen molar-refractivity contribution in [2.45, 2.75) is 109 Å². The lowest BCUT2D eigenvalue weighted by Crippen LogP contribution is -2.54. The van der Waals surface area contributed by atoms with Gasteiger partial charge in [0.2, 0.25) is 0 Å². The number of carbonyl (C=O) groups is 2. The summed E-state index contributed by atoms with van der Waals surface area (Å²) in [6.07, 6.45) is 3.54. The van der Waals surface area contributed by atoms with Crippen LogP contribution in [0.1, 0.15) is 98.6 Å². The molecule has 0 radical (unpaired) electrons. The summed E-state index contributed by atoms with van der Waals surface area (Å²) < 4.78 is 14.1. The van der Waals surface area contributed by atoms with Crippen molar-refractivity contribution < 1.29 is 19.1 Å². The number of aromatic nitrogens is 6. The predicted octanol–water partition coefficient (Wildman–Crippen LogP) is 3.48. The zero-order valence-corrected chi connectivity index (χ0v) is 22.5. The van der Waals surface area contributed by atoms with E-state index in [0.717, 1.165) is 11.4 Å². The molecule has 35 heavy (non-hydrogen) atoms. The smallest absolute Gasteiger partial charge is 0.408 e. The Kier molecular flexibility index (Phi) is 6.78. The summed E-state index contributed by atoms with van der Waals surface area (Å²) in [5, 5.41) is 20.3. The Balaban J connectivity index is 2.06. The van der Waals surface area contributed by atoms with E-state index in [0.29, 0.717) is 0 Å².